The second-order valence-corrected chi connectivity index (χ2v) is 7.91. The summed E-state index contributed by atoms with van der Waals surface area (Å²) in [6, 6.07) is 11.0. The minimum atomic E-state index is -0.487. The number of hydrogen-bond donors (Lipinski definition) is 1. The lowest BCUT2D eigenvalue weighted by atomic mass is 9.96. The fourth-order valence-electron chi connectivity index (χ4n) is 3.70. The topological polar surface area (TPSA) is 54.5 Å². The Morgan fingerprint density at radius 2 is 2.04 bits per heavy atom. The average molecular weight is 383 g/mol. The molecule has 1 aromatic heterocycles. The third-order valence-corrected chi connectivity index (χ3v) is 6.27. The number of esters is 1. The van der Waals surface area contributed by atoms with Crippen molar-refractivity contribution in [1.29, 1.82) is 0 Å². The first-order chi connectivity index (χ1) is 13.2. The summed E-state index contributed by atoms with van der Waals surface area (Å²) in [5.41, 5.74) is 2.09. The normalized spacial score (nSPS) is 19.8. The van der Waals surface area contributed by atoms with Gasteiger partial charge in [0, 0.05) is 32.2 Å². The van der Waals surface area contributed by atoms with Crippen LogP contribution in [-0.2, 0) is 11.2 Å². The highest BCUT2D eigenvalue weighted by Gasteiger charge is 2.33. The Morgan fingerprint density at radius 3 is 2.85 bits per heavy atom. The van der Waals surface area contributed by atoms with E-state index in [0.717, 1.165) is 47.0 Å². The standard InChI is InChI=1S/C20H18FN3O2S/c21-14-10-12-9-13(19-23-15-3-1-2-4-18(15)27-19)20(25)26-17(12)11-16(14)24-7-5-22-6-8-24/h1-4,10-11,13,22H,5-9H2. The zero-order valence-corrected chi connectivity index (χ0v) is 15.4. The van der Waals surface area contributed by atoms with Crippen molar-refractivity contribution >= 4 is 33.2 Å². The highest BCUT2D eigenvalue weighted by atomic mass is 32.1. The zero-order chi connectivity index (χ0) is 18.4. The molecule has 1 unspecified atom stereocenters. The van der Waals surface area contributed by atoms with Crippen LogP contribution >= 0.6 is 11.3 Å². The summed E-state index contributed by atoms with van der Waals surface area (Å²) < 4.78 is 21.4. The van der Waals surface area contributed by atoms with Gasteiger partial charge in [-0.1, -0.05) is 12.1 Å². The van der Waals surface area contributed by atoms with Crippen molar-refractivity contribution in [2.24, 2.45) is 0 Å². The van der Waals surface area contributed by atoms with Crippen LogP contribution in [0.15, 0.2) is 36.4 Å². The van der Waals surface area contributed by atoms with E-state index in [4.69, 9.17) is 4.74 Å². The number of rotatable bonds is 2. The van der Waals surface area contributed by atoms with Crippen LogP contribution in [-0.4, -0.2) is 37.1 Å². The van der Waals surface area contributed by atoms with E-state index in [9.17, 15) is 9.18 Å². The van der Waals surface area contributed by atoms with Gasteiger partial charge in [-0.05, 0) is 30.2 Å². The molecule has 0 aliphatic carbocycles. The number of ether oxygens (including phenoxy) is 1. The maximum absolute atomic E-state index is 14.7. The van der Waals surface area contributed by atoms with Gasteiger partial charge in [-0.2, -0.15) is 0 Å². The summed E-state index contributed by atoms with van der Waals surface area (Å²) in [5.74, 6) is -0.609. The molecule has 3 aromatic rings. The predicted molar refractivity (Wildman–Crippen MR) is 103 cm³/mol. The van der Waals surface area contributed by atoms with E-state index in [-0.39, 0.29) is 11.8 Å². The second-order valence-electron chi connectivity index (χ2n) is 6.85. The van der Waals surface area contributed by atoms with Gasteiger partial charge < -0.3 is 15.0 Å². The Morgan fingerprint density at radius 1 is 1.22 bits per heavy atom. The Bertz CT molecular complexity index is 996. The van der Waals surface area contributed by atoms with Crippen LogP contribution in [0.1, 0.15) is 16.5 Å². The third-order valence-electron chi connectivity index (χ3n) is 5.12. The highest BCUT2D eigenvalue weighted by Crippen LogP contribution is 2.39. The summed E-state index contributed by atoms with van der Waals surface area (Å²) in [7, 11) is 0. The molecule has 5 nitrogen and oxygen atoms in total. The van der Waals surface area contributed by atoms with Crippen molar-refractivity contribution in [3.63, 3.8) is 0 Å². The van der Waals surface area contributed by atoms with Crippen molar-refractivity contribution < 1.29 is 13.9 Å². The number of aromatic nitrogens is 1. The lowest BCUT2D eigenvalue weighted by molar-refractivity contribution is -0.137. The molecule has 2 aliphatic rings. The van der Waals surface area contributed by atoms with Crippen LogP contribution < -0.4 is 15.0 Å². The monoisotopic (exact) mass is 383 g/mol. The molecule has 27 heavy (non-hydrogen) atoms. The van der Waals surface area contributed by atoms with Gasteiger partial charge in [0.15, 0.2) is 0 Å². The van der Waals surface area contributed by atoms with Crippen molar-refractivity contribution in [1.82, 2.24) is 10.3 Å². The molecule has 0 bridgehead atoms. The van der Waals surface area contributed by atoms with E-state index in [1.165, 1.54) is 17.4 Å². The number of thiazole rings is 1. The van der Waals surface area contributed by atoms with Crippen molar-refractivity contribution in [3.8, 4) is 5.75 Å². The summed E-state index contributed by atoms with van der Waals surface area (Å²) in [6.07, 6.45) is 0.409. The number of carbonyl (C=O) groups excluding carboxylic acids is 1. The van der Waals surface area contributed by atoms with E-state index in [2.05, 4.69) is 10.3 Å². The minimum Gasteiger partial charge on any atom is -0.426 e. The van der Waals surface area contributed by atoms with E-state index in [1.807, 2.05) is 29.2 Å². The largest absolute Gasteiger partial charge is 0.426 e. The van der Waals surface area contributed by atoms with Crippen molar-refractivity contribution in [2.45, 2.75) is 12.3 Å². The van der Waals surface area contributed by atoms with E-state index >= 15 is 0 Å². The number of benzene rings is 2. The Labute approximate surface area is 159 Å². The van der Waals surface area contributed by atoms with Gasteiger partial charge in [0.1, 0.15) is 22.5 Å². The molecule has 138 valence electrons. The molecular formula is C20H18FN3O2S. The molecule has 0 amide bonds. The van der Waals surface area contributed by atoms with Crippen LogP contribution in [0, 0.1) is 5.82 Å². The molecule has 3 heterocycles. The quantitative estimate of drug-likeness (QED) is 0.544. The first-order valence-corrected chi connectivity index (χ1v) is 9.86. The first-order valence-electron chi connectivity index (χ1n) is 9.04. The van der Waals surface area contributed by atoms with Crippen molar-refractivity contribution in [2.75, 3.05) is 31.1 Å². The minimum absolute atomic E-state index is 0.267. The maximum atomic E-state index is 14.7. The molecule has 2 aliphatic heterocycles. The molecule has 1 fully saturated rings. The van der Waals surface area contributed by atoms with Crippen LogP contribution in [0.5, 0.6) is 5.75 Å². The van der Waals surface area contributed by atoms with E-state index in [0.29, 0.717) is 17.9 Å². The summed E-state index contributed by atoms with van der Waals surface area (Å²) in [5, 5.41) is 3.97. The molecule has 5 rings (SSSR count). The lowest BCUT2D eigenvalue weighted by Gasteiger charge is -2.31. The first kappa shape index (κ1) is 16.6. The molecule has 0 spiro atoms. The smallest absolute Gasteiger partial charge is 0.321 e. The SMILES string of the molecule is O=C1Oc2cc(N3CCNCC3)c(F)cc2CC1c1nc2ccccc2s1. The van der Waals surface area contributed by atoms with Crippen LogP contribution in [0.3, 0.4) is 0 Å². The molecule has 1 atom stereocenters. The van der Waals surface area contributed by atoms with Crippen molar-refractivity contribution in [3.05, 3.63) is 52.8 Å². The number of nitrogens with zero attached hydrogens (tertiary/aromatic N) is 2. The van der Waals surface area contributed by atoms with Crippen LogP contribution in [0.2, 0.25) is 0 Å². The number of piperazine rings is 1. The Balaban J connectivity index is 1.48. The predicted octanol–water partition coefficient (Wildman–Crippen LogP) is 3.09. The second kappa shape index (κ2) is 6.58. The summed E-state index contributed by atoms with van der Waals surface area (Å²) >= 11 is 1.49. The van der Waals surface area contributed by atoms with Crippen LogP contribution in [0.4, 0.5) is 10.1 Å². The summed E-state index contributed by atoms with van der Waals surface area (Å²) in [6.45, 7) is 3.10. The van der Waals surface area contributed by atoms with Gasteiger partial charge in [-0.25, -0.2) is 9.37 Å². The number of para-hydroxylation sites is 1. The van der Waals surface area contributed by atoms with Gasteiger partial charge in [0.2, 0.25) is 0 Å². The fraction of sp³-hybridized carbons (Fsp3) is 0.300. The fourth-order valence-corrected chi connectivity index (χ4v) is 4.75. The van der Waals surface area contributed by atoms with Gasteiger partial charge in [-0.3, -0.25) is 4.79 Å². The highest BCUT2D eigenvalue weighted by molar-refractivity contribution is 7.18. The number of carbonyl (C=O) groups is 1. The number of fused-ring (bicyclic) bond motifs is 2. The third kappa shape index (κ3) is 2.96. The van der Waals surface area contributed by atoms with E-state index < -0.39 is 5.92 Å². The Hall–Kier alpha value is -2.51. The van der Waals surface area contributed by atoms with Gasteiger partial charge in [0.05, 0.1) is 15.9 Å². The number of anilines is 1. The number of hydrogen-bond acceptors (Lipinski definition) is 6. The van der Waals surface area contributed by atoms with Crippen LogP contribution in [0.25, 0.3) is 10.2 Å². The Kier molecular flexibility index (Phi) is 4.06. The maximum Gasteiger partial charge on any atom is 0.321 e. The van der Waals surface area contributed by atoms with Gasteiger partial charge in [0.25, 0.3) is 0 Å². The van der Waals surface area contributed by atoms with Gasteiger partial charge in [-0.15, -0.1) is 11.3 Å². The lowest BCUT2D eigenvalue weighted by Crippen LogP contribution is -2.44. The molecular weight excluding hydrogens is 365 g/mol. The molecule has 0 radical (unpaired) electrons. The molecule has 2 aromatic carbocycles. The van der Waals surface area contributed by atoms with Gasteiger partial charge >= 0.3 is 5.97 Å². The van der Waals surface area contributed by atoms with E-state index in [1.54, 1.807) is 6.07 Å². The molecule has 7 heteroatoms. The average Bonchev–Trinajstić information content (AvgIpc) is 3.12. The number of halogens is 1. The zero-order valence-electron chi connectivity index (χ0n) is 14.6. The number of nitrogens with one attached hydrogen (secondary N) is 1. The molecule has 1 N–H and O–H groups in total. The summed E-state index contributed by atoms with van der Waals surface area (Å²) in [4.78, 5) is 19.2. The molecule has 0 saturated carbocycles. The molecule has 1 saturated heterocycles.